The zero-order chi connectivity index (χ0) is 14.8. The fourth-order valence-corrected chi connectivity index (χ4v) is 1.90. The number of halogens is 3. The van der Waals surface area contributed by atoms with Gasteiger partial charge in [-0.2, -0.15) is 13.2 Å². The second-order valence-electron chi connectivity index (χ2n) is 4.30. The molecule has 106 valence electrons. The first-order valence-electron chi connectivity index (χ1n) is 6.16. The van der Waals surface area contributed by atoms with E-state index in [1.807, 2.05) is 13.8 Å². The Morgan fingerprint density at radius 1 is 1.10 bits per heavy atom. The summed E-state index contributed by atoms with van der Waals surface area (Å²) in [5, 5.41) is 3.09. The van der Waals surface area contributed by atoms with Crippen molar-refractivity contribution in [1.29, 1.82) is 0 Å². The van der Waals surface area contributed by atoms with Gasteiger partial charge in [0.25, 0.3) is 0 Å². The van der Waals surface area contributed by atoms with Crippen LogP contribution in [0.2, 0.25) is 0 Å². The van der Waals surface area contributed by atoms with Crippen molar-refractivity contribution in [3.8, 4) is 11.3 Å². The summed E-state index contributed by atoms with van der Waals surface area (Å²) in [5.41, 5.74) is 1.41. The highest BCUT2D eigenvalue weighted by Gasteiger charge is 2.30. The van der Waals surface area contributed by atoms with Gasteiger partial charge in [0.2, 0.25) is 0 Å². The number of aromatic nitrogens is 2. The first-order valence-corrected chi connectivity index (χ1v) is 6.16. The maximum Gasteiger partial charge on any atom is 0.416 e. The van der Waals surface area contributed by atoms with Crippen LogP contribution in [0.25, 0.3) is 11.3 Å². The summed E-state index contributed by atoms with van der Waals surface area (Å²) in [6.07, 6.45) is -2.92. The SMILES string of the molecule is CCNc1ncnc(-c2ccc(C(F)(F)F)cc2)c1C. The Bertz CT molecular complexity index is 592. The van der Waals surface area contributed by atoms with Crippen molar-refractivity contribution in [2.75, 3.05) is 11.9 Å². The molecule has 0 bridgehead atoms. The lowest BCUT2D eigenvalue weighted by atomic mass is 10.1. The smallest absolute Gasteiger partial charge is 0.370 e. The molecule has 0 unspecified atom stereocenters. The summed E-state index contributed by atoms with van der Waals surface area (Å²) in [6, 6.07) is 4.97. The number of rotatable bonds is 3. The van der Waals surface area contributed by atoms with Gasteiger partial charge in [-0.1, -0.05) is 12.1 Å². The largest absolute Gasteiger partial charge is 0.416 e. The van der Waals surface area contributed by atoms with Crippen LogP contribution < -0.4 is 5.32 Å². The molecule has 0 saturated carbocycles. The van der Waals surface area contributed by atoms with Gasteiger partial charge < -0.3 is 5.32 Å². The van der Waals surface area contributed by atoms with E-state index in [0.717, 1.165) is 17.7 Å². The van der Waals surface area contributed by atoms with E-state index < -0.39 is 11.7 Å². The summed E-state index contributed by atoms with van der Waals surface area (Å²) >= 11 is 0. The minimum atomic E-state index is -4.33. The third-order valence-corrected chi connectivity index (χ3v) is 2.91. The van der Waals surface area contributed by atoms with Crippen LogP contribution in [0.15, 0.2) is 30.6 Å². The summed E-state index contributed by atoms with van der Waals surface area (Å²) in [6.45, 7) is 4.49. The topological polar surface area (TPSA) is 37.8 Å². The fraction of sp³-hybridized carbons (Fsp3) is 0.286. The molecule has 1 aromatic carbocycles. The molecule has 0 spiro atoms. The van der Waals surface area contributed by atoms with Crippen molar-refractivity contribution in [1.82, 2.24) is 9.97 Å². The summed E-state index contributed by atoms with van der Waals surface area (Å²) in [5.74, 6) is 0.692. The Kier molecular flexibility index (Phi) is 3.92. The van der Waals surface area contributed by atoms with Gasteiger partial charge in [0, 0.05) is 17.7 Å². The van der Waals surface area contributed by atoms with Crippen molar-refractivity contribution in [2.45, 2.75) is 20.0 Å². The molecule has 2 aromatic rings. The van der Waals surface area contributed by atoms with Crippen molar-refractivity contribution >= 4 is 5.82 Å². The molecule has 1 N–H and O–H groups in total. The van der Waals surface area contributed by atoms with Gasteiger partial charge in [-0.3, -0.25) is 0 Å². The quantitative estimate of drug-likeness (QED) is 0.927. The van der Waals surface area contributed by atoms with E-state index >= 15 is 0 Å². The van der Waals surface area contributed by atoms with Crippen LogP contribution in [0.4, 0.5) is 19.0 Å². The van der Waals surface area contributed by atoms with E-state index in [4.69, 9.17) is 0 Å². The lowest BCUT2D eigenvalue weighted by Crippen LogP contribution is -2.05. The number of nitrogens with zero attached hydrogens (tertiary/aromatic N) is 2. The Morgan fingerprint density at radius 2 is 1.75 bits per heavy atom. The molecule has 0 aliphatic rings. The Hall–Kier alpha value is -2.11. The molecule has 0 radical (unpaired) electrons. The van der Waals surface area contributed by atoms with E-state index in [1.54, 1.807) is 0 Å². The lowest BCUT2D eigenvalue weighted by molar-refractivity contribution is -0.137. The zero-order valence-corrected chi connectivity index (χ0v) is 11.1. The number of nitrogens with one attached hydrogen (secondary N) is 1. The minimum absolute atomic E-state index is 0.629. The second kappa shape index (κ2) is 5.48. The molecule has 1 heterocycles. The maximum atomic E-state index is 12.5. The van der Waals surface area contributed by atoms with Crippen LogP contribution in [0.1, 0.15) is 18.1 Å². The second-order valence-corrected chi connectivity index (χ2v) is 4.30. The number of alkyl halides is 3. The van der Waals surface area contributed by atoms with Gasteiger partial charge >= 0.3 is 6.18 Å². The minimum Gasteiger partial charge on any atom is -0.370 e. The van der Waals surface area contributed by atoms with Crippen molar-refractivity contribution in [3.05, 3.63) is 41.7 Å². The predicted molar refractivity (Wildman–Crippen MR) is 71.4 cm³/mol. The molecular weight excluding hydrogens is 267 g/mol. The monoisotopic (exact) mass is 281 g/mol. The van der Waals surface area contributed by atoms with Gasteiger partial charge in [0.05, 0.1) is 11.3 Å². The van der Waals surface area contributed by atoms with Crippen molar-refractivity contribution < 1.29 is 13.2 Å². The normalized spacial score (nSPS) is 11.4. The molecule has 0 saturated heterocycles. The Morgan fingerprint density at radius 3 is 2.30 bits per heavy atom. The van der Waals surface area contributed by atoms with Crippen LogP contribution >= 0.6 is 0 Å². The molecule has 3 nitrogen and oxygen atoms in total. The van der Waals surface area contributed by atoms with Gasteiger partial charge in [0.1, 0.15) is 12.1 Å². The third-order valence-electron chi connectivity index (χ3n) is 2.91. The van der Waals surface area contributed by atoms with Gasteiger partial charge in [-0.15, -0.1) is 0 Å². The van der Waals surface area contributed by atoms with Gasteiger partial charge in [-0.25, -0.2) is 9.97 Å². The molecule has 0 aliphatic carbocycles. The maximum absolute atomic E-state index is 12.5. The summed E-state index contributed by atoms with van der Waals surface area (Å²) < 4.78 is 37.6. The molecule has 0 atom stereocenters. The molecule has 2 rings (SSSR count). The Labute approximate surface area is 114 Å². The van der Waals surface area contributed by atoms with Crippen molar-refractivity contribution in [3.63, 3.8) is 0 Å². The average Bonchev–Trinajstić information content (AvgIpc) is 2.41. The number of benzene rings is 1. The molecule has 20 heavy (non-hydrogen) atoms. The number of hydrogen-bond donors (Lipinski definition) is 1. The predicted octanol–water partition coefficient (Wildman–Crippen LogP) is 3.90. The first-order chi connectivity index (χ1) is 9.43. The van der Waals surface area contributed by atoms with Crippen LogP contribution in [-0.4, -0.2) is 16.5 Å². The summed E-state index contributed by atoms with van der Waals surface area (Å²) in [4.78, 5) is 8.26. The van der Waals surface area contributed by atoms with E-state index in [0.29, 0.717) is 23.6 Å². The highest BCUT2D eigenvalue weighted by Crippen LogP contribution is 2.31. The van der Waals surface area contributed by atoms with Gasteiger partial charge in [0.15, 0.2) is 0 Å². The van der Waals surface area contributed by atoms with E-state index in [-0.39, 0.29) is 0 Å². The highest BCUT2D eigenvalue weighted by atomic mass is 19.4. The standard InChI is InChI=1S/C14H14F3N3/c1-3-18-13-9(2)12(19-8-20-13)10-4-6-11(7-5-10)14(15,16)17/h4-8H,3H2,1-2H3,(H,18,19,20). The zero-order valence-electron chi connectivity index (χ0n) is 11.1. The highest BCUT2D eigenvalue weighted by molar-refractivity contribution is 5.67. The lowest BCUT2D eigenvalue weighted by Gasteiger charge is -2.11. The fourth-order valence-electron chi connectivity index (χ4n) is 1.90. The molecule has 6 heteroatoms. The first kappa shape index (κ1) is 14.3. The van der Waals surface area contributed by atoms with Crippen LogP contribution in [0, 0.1) is 6.92 Å². The van der Waals surface area contributed by atoms with E-state index in [2.05, 4.69) is 15.3 Å². The number of anilines is 1. The number of hydrogen-bond acceptors (Lipinski definition) is 3. The van der Waals surface area contributed by atoms with Crippen LogP contribution in [0.5, 0.6) is 0 Å². The summed E-state index contributed by atoms with van der Waals surface area (Å²) in [7, 11) is 0. The van der Waals surface area contributed by atoms with E-state index in [9.17, 15) is 13.2 Å². The molecule has 0 aliphatic heterocycles. The van der Waals surface area contributed by atoms with Crippen LogP contribution in [0.3, 0.4) is 0 Å². The Balaban J connectivity index is 2.39. The van der Waals surface area contributed by atoms with Gasteiger partial charge in [-0.05, 0) is 26.0 Å². The third kappa shape index (κ3) is 2.89. The average molecular weight is 281 g/mol. The molecular formula is C14H14F3N3. The molecule has 1 aromatic heterocycles. The van der Waals surface area contributed by atoms with E-state index in [1.165, 1.54) is 18.5 Å². The molecule has 0 fully saturated rings. The molecule has 0 amide bonds. The van der Waals surface area contributed by atoms with Crippen LogP contribution in [-0.2, 0) is 6.18 Å². The van der Waals surface area contributed by atoms with Crippen molar-refractivity contribution in [2.24, 2.45) is 0 Å².